The number of aromatic nitrogens is 2. The zero-order valence-electron chi connectivity index (χ0n) is 10.4. The monoisotopic (exact) mass is 276 g/mol. The number of nitrogens with one attached hydrogen (secondary N) is 1. The van der Waals surface area contributed by atoms with Crippen molar-refractivity contribution in [3.05, 3.63) is 46.7 Å². The van der Waals surface area contributed by atoms with Crippen LogP contribution in [0.4, 0.5) is 0 Å². The average molecular weight is 277 g/mol. The Morgan fingerprint density at radius 3 is 2.89 bits per heavy atom. The van der Waals surface area contributed by atoms with E-state index in [0.29, 0.717) is 16.5 Å². The topological polar surface area (TPSA) is 84.9 Å². The number of aryl methyl sites for hydroxylation is 1. The Bertz CT molecular complexity index is 615. The number of hydrogen-bond donors (Lipinski definition) is 2. The second-order valence-electron chi connectivity index (χ2n) is 3.85. The number of hydrogen-bond acceptors (Lipinski definition) is 4. The molecule has 0 aliphatic heterocycles. The second-order valence-corrected chi connectivity index (χ2v) is 4.25. The first-order valence-corrected chi connectivity index (χ1v) is 6.11. The van der Waals surface area contributed by atoms with Crippen LogP contribution in [-0.4, -0.2) is 15.8 Å². The molecule has 0 saturated heterocycles. The molecular formula is C13H13ClN4O. The first kappa shape index (κ1) is 13.3. The van der Waals surface area contributed by atoms with Crippen LogP contribution < -0.4 is 10.5 Å². The van der Waals surface area contributed by atoms with Gasteiger partial charge in [0.1, 0.15) is 17.3 Å². The fourth-order valence-corrected chi connectivity index (χ4v) is 1.78. The van der Waals surface area contributed by atoms with Crippen LogP contribution in [0.5, 0.6) is 11.8 Å². The molecule has 19 heavy (non-hydrogen) atoms. The quantitative estimate of drug-likeness (QED) is 0.664. The molecule has 6 heteroatoms. The molecule has 0 aliphatic carbocycles. The molecule has 1 heterocycles. The SMILES string of the molecule is CCc1cc(Oc2nccc(C(=N)N)n2)ccc1Cl. The molecule has 0 spiro atoms. The molecular weight excluding hydrogens is 264 g/mol. The van der Waals surface area contributed by atoms with E-state index in [9.17, 15) is 0 Å². The fourth-order valence-electron chi connectivity index (χ4n) is 1.53. The fraction of sp³-hybridized carbons (Fsp3) is 0.154. The minimum absolute atomic E-state index is 0.127. The van der Waals surface area contributed by atoms with Crippen molar-refractivity contribution in [2.24, 2.45) is 5.73 Å². The Balaban J connectivity index is 2.26. The molecule has 0 unspecified atom stereocenters. The van der Waals surface area contributed by atoms with Crippen LogP contribution in [0.25, 0.3) is 0 Å². The summed E-state index contributed by atoms with van der Waals surface area (Å²) in [6.45, 7) is 2.01. The molecule has 98 valence electrons. The summed E-state index contributed by atoms with van der Waals surface area (Å²) < 4.78 is 5.53. The number of rotatable bonds is 4. The van der Waals surface area contributed by atoms with Gasteiger partial charge in [0, 0.05) is 11.2 Å². The lowest BCUT2D eigenvalue weighted by Gasteiger charge is -2.07. The number of halogens is 1. The molecule has 2 rings (SSSR count). The molecule has 3 N–H and O–H groups in total. The van der Waals surface area contributed by atoms with Crippen LogP contribution in [0.2, 0.25) is 5.02 Å². The van der Waals surface area contributed by atoms with Gasteiger partial charge in [0.05, 0.1) is 0 Å². The third kappa shape index (κ3) is 3.20. The van der Waals surface area contributed by atoms with Crippen LogP contribution >= 0.6 is 11.6 Å². The molecule has 0 bridgehead atoms. The highest BCUT2D eigenvalue weighted by Gasteiger charge is 2.06. The van der Waals surface area contributed by atoms with E-state index in [4.69, 9.17) is 27.5 Å². The molecule has 0 aliphatic rings. The number of benzene rings is 1. The first-order valence-electron chi connectivity index (χ1n) is 5.74. The van der Waals surface area contributed by atoms with Gasteiger partial charge in [-0.05, 0) is 36.2 Å². The largest absolute Gasteiger partial charge is 0.424 e. The normalized spacial score (nSPS) is 10.2. The van der Waals surface area contributed by atoms with E-state index in [0.717, 1.165) is 12.0 Å². The summed E-state index contributed by atoms with van der Waals surface area (Å²) in [5.41, 5.74) is 6.68. The van der Waals surface area contributed by atoms with Crippen molar-refractivity contribution in [3.8, 4) is 11.8 Å². The summed E-state index contributed by atoms with van der Waals surface area (Å²) >= 11 is 6.03. The van der Waals surface area contributed by atoms with Crippen molar-refractivity contribution >= 4 is 17.4 Å². The van der Waals surface area contributed by atoms with E-state index in [1.54, 1.807) is 18.2 Å². The number of amidine groups is 1. The van der Waals surface area contributed by atoms with Gasteiger partial charge in [0.25, 0.3) is 0 Å². The molecule has 1 aromatic heterocycles. The van der Waals surface area contributed by atoms with Crippen molar-refractivity contribution in [2.45, 2.75) is 13.3 Å². The van der Waals surface area contributed by atoms with E-state index >= 15 is 0 Å². The van der Waals surface area contributed by atoms with Gasteiger partial charge in [-0.25, -0.2) is 4.98 Å². The summed E-state index contributed by atoms with van der Waals surface area (Å²) in [6, 6.07) is 7.05. The van der Waals surface area contributed by atoms with Gasteiger partial charge in [-0.15, -0.1) is 0 Å². The van der Waals surface area contributed by atoms with Crippen molar-refractivity contribution in [2.75, 3.05) is 0 Å². The Morgan fingerprint density at radius 2 is 2.21 bits per heavy atom. The van der Waals surface area contributed by atoms with Crippen molar-refractivity contribution < 1.29 is 4.74 Å². The standard InChI is InChI=1S/C13H13ClN4O/c1-2-8-7-9(3-4-10(8)14)19-13-17-6-5-11(18-13)12(15)16/h3-7H,2H2,1H3,(H3,15,16). The van der Waals surface area contributed by atoms with Gasteiger partial charge < -0.3 is 10.5 Å². The maximum absolute atomic E-state index is 7.32. The van der Waals surface area contributed by atoms with Gasteiger partial charge in [-0.3, -0.25) is 5.41 Å². The Labute approximate surface area is 115 Å². The number of nitrogens with two attached hydrogens (primary N) is 1. The highest BCUT2D eigenvalue weighted by Crippen LogP contribution is 2.25. The lowest BCUT2D eigenvalue weighted by atomic mass is 10.1. The highest BCUT2D eigenvalue weighted by molar-refractivity contribution is 6.31. The number of nitrogens with zero attached hydrogens (tertiary/aromatic N) is 2. The number of ether oxygens (including phenoxy) is 1. The molecule has 0 amide bonds. The summed E-state index contributed by atoms with van der Waals surface area (Å²) in [5.74, 6) is 0.472. The zero-order chi connectivity index (χ0) is 13.8. The lowest BCUT2D eigenvalue weighted by molar-refractivity contribution is 0.441. The van der Waals surface area contributed by atoms with E-state index < -0.39 is 0 Å². The summed E-state index contributed by atoms with van der Waals surface area (Å²) in [4.78, 5) is 8.01. The molecule has 0 fully saturated rings. The van der Waals surface area contributed by atoms with Gasteiger partial charge in [0.2, 0.25) is 0 Å². The van der Waals surface area contributed by atoms with Crippen molar-refractivity contribution in [1.29, 1.82) is 5.41 Å². The lowest BCUT2D eigenvalue weighted by Crippen LogP contribution is -2.13. The summed E-state index contributed by atoms with van der Waals surface area (Å²) in [7, 11) is 0. The predicted octanol–water partition coefficient (Wildman–Crippen LogP) is 2.77. The third-order valence-electron chi connectivity index (χ3n) is 2.52. The molecule has 0 saturated carbocycles. The number of nitrogen functional groups attached to an aromatic ring is 1. The van der Waals surface area contributed by atoms with Gasteiger partial charge in [0.15, 0.2) is 0 Å². The van der Waals surface area contributed by atoms with E-state index in [1.807, 2.05) is 13.0 Å². The van der Waals surface area contributed by atoms with Crippen molar-refractivity contribution in [1.82, 2.24) is 9.97 Å². The molecule has 5 nitrogen and oxygen atoms in total. The van der Waals surface area contributed by atoms with Gasteiger partial charge >= 0.3 is 6.01 Å². The van der Waals surface area contributed by atoms with Crippen LogP contribution in [0.15, 0.2) is 30.5 Å². The van der Waals surface area contributed by atoms with E-state index in [-0.39, 0.29) is 11.8 Å². The van der Waals surface area contributed by atoms with Crippen molar-refractivity contribution in [3.63, 3.8) is 0 Å². The predicted molar refractivity (Wildman–Crippen MR) is 74.0 cm³/mol. The minimum atomic E-state index is -0.127. The van der Waals surface area contributed by atoms with Gasteiger partial charge in [-0.2, -0.15) is 4.98 Å². The van der Waals surface area contributed by atoms with Crippen LogP contribution in [0.1, 0.15) is 18.2 Å². The maximum atomic E-state index is 7.32. The maximum Gasteiger partial charge on any atom is 0.322 e. The minimum Gasteiger partial charge on any atom is -0.424 e. The Kier molecular flexibility index (Phi) is 3.97. The Morgan fingerprint density at radius 1 is 1.42 bits per heavy atom. The van der Waals surface area contributed by atoms with Crippen LogP contribution in [0, 0.1) is 5.41 Å². The average Bonchev–Trinajstić information content (AvgIpc) is 2.41. The zero-order valence-corrected chi connectivity index (χ0v) is 11.1. The molecule has 0 radical (unpaired) electrons. The molecule has 0 atom stereocenters. The first-order chi connectivity index (χ1) is 9.10. The summed E-state index contributed by atoms with van der Waals surface area (Å²) in [5, 5.41) is 8.02. The Hall–Kier alpha value is -2.14. The van der Waals surface area contributed by atoms with E-state index in [1.165, 1.54) is 6.20 Å². The second kappa shape index (κ2) is 5.67. The molecule has 1 aromatic carbocycles. The van der Waals surface area contributed by atoms with Gasteiger partial charge in [-0.1, -0.05) is 18.5 Å². The smallest absolute Gasteiger partial charge is 0.322 e. The van der Waals surface area contributed by atoms with E-state index in [2.05, 4.69) is 9.97 Å². The highest BCUT2D eigenvalue weighted by atomic mass is 35.5. The van der Waals surface area contributed by atoms with Crippen LogP contribution in [0.3, 0.4) is 0 Å². The summed E-state index contributed by atoms with van der Waals surface area (Å²) in [6.07, 6.45) is 2.31. The third-order valence-corrected chi connectivity index (χ3v) is 2.89. The molecule has 2 aromatic rings. The van der Waals surface area contributed by atoms with Crippen LogP contribution in [-0.2, 0) is 6.42 Å².